The molecule has 1 aliphatic heterocycles. The Morgan fingerprint density at radius 1 is 1.15 bits per heavy atom. The van der Waals surface area contributed by atoms with Crippen molar-refractivity contribution in [3.8, 4) is 0 Å². The maximum atomic E-state index is 12.9. The smallest absolute Gasteiger partial charge is 0.247 e. The van der Waals surface area contributed by atoms with Crippen molar-refractivity contribution in [2.45, 2.75) is 25.9 Å². The van der Waals surface area contributed by atoms with E-state index in [2.05, 4.69) is 5.32 Å². The summed E-state index contributed by atoms with van der Waals surface area (Å²) >= 11 is 0. The number of nitrogens with one attached hydrogen (secondary N) is 1. The highest BCUT2D eigenvalue weighted by Crippen LogP contribution is 2.30. The molecule has 0 saturated heterocycles. The van der Waals surface area contributed by atoms with Crippen molar-refractivity contribution in [2.75, 3.05) is 25.5 Å². The lowest BCUT2D eigenvalue weighted by Gasteiger charge is -2.35. The highest BCUT2D eigenvalue weighted by Gasteiger charge is 2.35. The number of carbonyl (C=O) groups excluding carboxylic acids is 2. The number of carbonyl (C=O) groups is 2. The summed E-state index contributed by atoms with van der Waals surface area (Å²) in [6.07, 6.45) is 0.361. The molecule has 0 aromatic heterocycles. The molecule has 0 saturated carbocycles. The van der Waals surface area contributed by atoms with E-state index < -0.39 is 6.04 Å². The highest BCUT2D eigenvalue weighted by atomic mass is 16.2. The lowest BCUT2D eigenvalue weighted by atomic mass is 9.91. The van der Waals surface area contributed by atoms with Crippen LogP contribution in [-0.2, 0) is 22.6 Å². The number of hydrogen-bond acceptors (Lipinski definition) is 3. The van der Waals surface area contributed by atoms with E-state index in [1.165, 1.54) is 0 Å². The van der Waals surface area contributed by atoms with E-state index in [1.807, 2.05) is 74.4 Å². The number of benzene rings is 2. The van der Waals surface area contributed by atoms with Crippen molar-refractivity contribution in [1.29, 1.82) is 0 Å². The van der Waals surface area contributed by atoms with Crippen LogP contribution < -0.4 is 10.2 Å². The van der Waals surface area contributed by atoms with Gasteiger partial charge in [0.25, 0.3) is 0 Å². The maximum absolute atomic E-state index is 12.9. The van der Waals surface area contributed by atoms with Crippen molar-refractivity contribution in [3.05, 3.63) is 65.2 Å². The van der Waals surface area contributed by atoms with Gasteiger partial charge in [0.05, 0.1) is 6.42 Å². The molecular formula is C21H25N3O2. The third-order valence-corrected chi connectivity index (χ3v) is 4.83. The molecule has 2 aromatic rings. The van der Waals surface area contributed by atoms with E-state index in [4.69, 9.17) is 0 Å². The van der Waals surface area contributed by atoms with Crippen molar-refractivity contribution < 1.29 is 9.59 Å². The van der Waals surface area contributed by atoms with Gasteiger partial charge in [-0.25, -0.2) is 0 Å². The van der Waals surface area contributed by atoms with Crippen LogP contribution in [0.3, 0.4) is 0 Å². The number of fused-ring (bicyclic) bond motifs is 1. The number of anilines is 1. The number of likely N-dealkylation sites (N-methyl/N-ethyl adjacent to an activating group) is 1. The van der Waals surface area contributed by atoms with E-state index in [9.17, 15) is 9.59 Å². The van der Waals surface area contributed by atoms with Crippen LogP contribution in [0.15, 0.2) is 48.5 Å². The van der Waals surface area contributed by atoms with Gasteiger partial charge in [-0.15, -0.1) is 0 Å². The first-order valence-electron chi connectivity index (χ1n) is 8.92. The molecule has 0 aliphatic carbocycles. The highest BCUT2D eigenvalue weighted by molar-refractivity contribution is 5.92. The van der Waals surface area contributed by atoms with Gasteiger partial charge in [0, 0.05) is 32.9 Å². The van der Waals surface area contributed by atoms with Crippen LogP contribution in [0.5, 0.6) is 0 Å². The van der Waals surface area contributed by atoms with Crippen LogP contribution in [0.4, 0.5) is 5.69 Å². The van der Waals surface area contributed by atoms with Gasteiger partial charge < -0.3 is 15.1 Å². The quantitative estimate of drug-likeness (QED) is 0.901. The van der Waals surface area contributed by atoms with Crippen LogP contribution >= 0.6 is 0 Å². The van der Waals surface area contributed by atoms with E-state index in [1.54, 1.807) is 4.90 Å². The third-order valence-electron chi connectivity index (χ3n) is 4.83. The summed E-state index contributed by atoms with van der Waals surface area (Å²) < 4.78 is 0. The molecule has 0 fully saturated rings. The lowest BCUT2D eigenvalue weighted by molar-refractivity contribution is -0.141. The third kappa shape index (κ3) is 3.57. The molecule has 0 unspecified atom stereocenters. The molecule has 5 nitrogen and oxygen atoms in total. The zero-order valence-electron chi connectivity index (χ0n) is 15.5. The molecule has 0 bridgehead atoms. The van der Waals surface area contributed by atoms with Gasteiger partial charge in [-0.2, -0.15) is 0 Å². The van der Waals surface area contributed by atoms with Crippen molar-refractivity contribution >= 4 is 17.5 Å². The molecule has 26 heavy (non-hydrogen) atoms. The normalized spacial score (nSPS) is 16.2. The Kier molecular flexibility index (Phi) is 5.26. The summed E-state index contributed by atoms with van der Waals surface area (Å²) in [6.45, 7) is 2.87. The van der Waals surface area contributed by atoms with E-state index >= 15 is 0 Å². The van der Waals surface area contributed by atoms with Gasteiger partial charge >= 0.3 is 0 Å². The standard InChI is InChI=1S/C21H25N3O2/c1-4-24-19(25)13-16-7-5-6-8-18(16)20(24)21(26)22-14-15-9-11-17(12-10-15)23(2)3/h5-12,20H,4,13-14H2,1-3H3,(H,22,26)/t20-/m0/s1. The van der Waals surface area contributed by atoms with Crippen molar-refractivity contribution in [1.82, 2.24) is 10.2 Å². The first kappa shape index (κ1) is 18.0. The summed E-state index contributed by atoms with van der Waals surface area (Å²) in [5.74, 6) is -0.134. The predicted molar refractivity (Wildman–Crippen MR) is 103 cm³/mol. The van der Waals surface area contributed by atoms with Gasteiger partial charge in [0.1, 0.15) is 6.04 Å². The molecule has 0 spiro atoms. The minimum Gasteiger partial charge on any atom is -0.378 e. The zero-order chi connectivity index (χ0) is 18.7. The molecule has 1 aliphatic rings. The van der Waals surface area contributed by atoms with Crippen LogP contribution in [-0.4, -0.2) is 37.4 Å². The zero-order valence-corrected chi connectivity index (χ0v) is 15.5. The average Bonchev–Trinajstić information content (AvgIpc) is 2.65. The Bertz CT molecular complexity index is 799. The Morgan fingerprint density at radius 3 is 2.50 bits per heavy atom. The molecule has 0 radical (unpaired) electrons. The Labute approximate surface area is 154 Å². The van der Waals surface area contributed by atoms with Crippen LogP contribution in [0.1, 0.15) is 29.7 Å². The van der Waals surface area contributed by atoms with Gasteiger partial charge in [0.15, 0.2) is 0 Å². The molecular weight excluding hydrogens is 326 g/mol. The van der Waals surface area contributed by atoms with Gasteiger partial charge in [-0.3, -0.25) is 9.59 Å². The van der Waals surface area contributed by atoms with Crippen LogP contribution in [0.25, 0.3) is 0 Å². The minimum absolute atomic E-state index is 0.00156. The van der Waals surface area contributed by atoms with Gasteiger partial charge in [-0.1, -0.05) is 36.4 Å². The van der Waals surface area contributed by atoms with Crippen LogP contribution in [0, 0.1) is 0 Å². The maximum Gasteiger partial charge on any atom is 0.247 e. The fourth-order valence-corrected chi connectivity index (χ4v) is 3.38. The second-order valence-corrected chi connectivity index (χ2v) is 6.74. The Hall–Kier alpha value is -2.82. The number of hydrogen-bond donors (Lipinski definition) is 1. The minimum atomic E-state index is -0.557. The first-order chi connectivity index (χ1) is 12.5. The molecule has 1 atom stereocenters. The van der Waals surface area contributed by atoms with Crippen molar-refractivity contribution in [3.63, 3.8) is 0 Å². The van der Waals surface area contributed by atoms with Gasteiger partial charge in [-0.05, 0) is 35.7 Å². The first-order valence-corrected chi connectivity index (χ1v) is 8.92. The molecule has 1 heterocycles. The van der Waals surface area contributed by atoms with Crippen molar-refractivity contribution in [2.24, 2.45) is 0 Å². The predicted octanol–water partition coefficient (Wildman–Crippen LogP) is 2.51. The molecule has 1 N–H and O–H groups in total. The largest absolute Gasteiger partial charge is 0.378 e. The second-order valence-electron chi connectivity index (χ2n) is 6.74. The van der Waals surface area contributed by atoms with E-state index in [0.717, 1.165) is 22.4 Å². The fourth-order valence-electron chi connectivity index (χ4n) is 3.38. The van der Waals surface area contributed by atoms with Crippen LogP contribution in [0.2, 0.25) is 0 Å². The Balaban J connectivity index is 1.76. The Morgan fingerprint density at radius 2 is 1.85 bits per heavy atom. The SMILES string of the molecule is CCN1C(=O)Cc2ccccc2[C@H]1C(=O)NCc1ccc(N(C)C)cc1. The molecule has 3 rings (SSSR count). The summed E-state index contributed by atoms with van der Waals surface area (Å²) in [4.78, 5) is 29.0. The summed E-state index contributed by atoms with van der Waals surface area (Å²) in [7, 11) is 3.99. The number of nitrogens with zero attached hydrogens (tertiary/aromatic N) is 2. The summed E-state index contributed by atoms with van der Waals surface area (Å²) in [5, 5.41) is 3.00. The van der Waals surface area contributed by atoms with Gasteiger partial charge in [0.2, 0.25) is 11.8 Å². The van der Waals surface area contributed by atoms with E-state index in [0.29, 0.717) is 19.5 Å². The number of amides is 2. The second kappa shape index (κ2) is 7.60. The average molecular weight is 351 g/mol. The molecule has 5 heteroatoms. The molecule has 2 aromatic carbocycles. The summed E-state index contributed by atoms with van der Waals surface area (Å²) in [5.41, 5.74) is 4.01. The monoisotopic (exact) mass is 351 g/mol. The number of rotatable bonds is 5. The summed E-state index contributed by atoms with van der Waals surface area (Å²) in [6, 6.07) is 15.2. The lowest BCUT2D eigenvalue weighted by Crippen LogP contribution is -2.47. The molecule has 136 valence electrons. The van der Waals surface area contributed by atoms with E-state index in [-0.39, 0.29) is 11.8 Å². The molecule has 2 amide bonds. The topological polar surface area (TPSA) is 52.7 Å². The fraction of sp³-hybridized carbons (Fsp3) is 0.333.